The molecule has 1 aliphatic carbocycles. The maximum atomic E-state index is 12.3. The highest BCUT2D eigenvalue weighted by molar-refractivity contribution is 5.89. The van der Waals surface area contributed by atoms with E-state index in [1.54, 1.807) is 4.90 Å². The number of amides is 2. The van der Waals surface area contributed by atoms with Crippen molar-refractivity contribution in [3.63, 3.8) is 0 Å². The fourth-order valence-corrected chi connectivity index (χ4v) is 3.07. The number of nitrogens with zero attached hydrogens (tertiary/aromatic N) is 1. The van der Waals surface area contributed by atoms with Crippen LogP contribution >= 0.6 is 0 Å². The molecule has 1 aliphatic heterocycles. The van der Waals surface area contributed by atoms with Crippen molar-refractivity contribution in [2.24, 2.45) is 11.8 Å². The summed E-state index contributed by atoms with van der Waals surface area (Å²) in [7, 11) is 0. The van der Waals surface area contributed by atoms with Crippen LogP contribution in [-0.2, 0) is 14.4 Å². The molecule has 0 spiro atoms. The fourth-order valence-electron chi connectivity index (χ4n) is 3.07. The Labute approximate surface area is 134 Å². The van der Waals surface area contributed by atoms with Crippen molar-refractivity contribution in [2.45, 2.75) is 25.3 Å². The van der Waals surface area contributed by atoms with E-state index < -0.39 is 17.8 Å². The minimum absolute atomic E-state index is 0.106. The van der Waals surface area contributed by atoms with Crippen molar-refractivity contribution >= 4 is 17.8 Å². The first-order valence-electron chi connectivity index (χ1n) is 7.92. The van der Waals surface area contributed by atoms with Gasteiger partial charge in [-0.3, -0.25) is 14.4 Å². The molecule has 0 radical (unpaired) electrons. The van der Waals surface area contributed by atoms with E-state index in [0.29, 0.717) is 25.9 Å². The zero-order valence-corrected chi connectivity index (χ0v) is 12.8. The number of carbonyl (C=O) groups is 3. The molecule has 1 aromatic rings. The lowest BCUT2D eigenvalue weighted by Crippen LogP contribution is -2.39. The molecular weight excluding hydrogens is 296 g/mol. The van der Waals surface area contributed by atoms with Gasteiger partial charge in [0.15, 0.2) is 0 Å². The topological polar surface area (TPSA) is 86.7 Å². The number of benzene rings is 1. The first-order valence-corrected chi connectivity index (χ1v) is 7.92. The number of rotatable bonds is 6. The summed E-state index contributed by atoms with van der Waals surface area (Å²) in [5.74, 6) is -2.07. The first kappa shape index (κ1) is 15.5. The van der Waals surface area contributed by atoms with E-state index >= 15 is 0 Å². The van der Waals surface area contributed by atoms with Crippen molar-refractivity contribution in [3.05, 3.63) is 35.9 Å². The molecule has 3 atom stereocenters. The van der Waals surface area contributed by atoms with Gasteiger partial charge in [0, 0.05) is 19.5 Å². The van der Waals surface area contributed by atoms with Gasteiger partial charge in [0.2, 0.25) is 11.8 Å². The van der Waals surface area contributed by atoms with Crippen LogP contribution in [-0.4, -0.2) is 40.9 Å². The van der Waals surface area contributed by atoms with Gasteiger partial charge in [-0.15, -0.1) is 0 Å². The maximum Gasteiger partial charge on any atom is 0.307 e. The van der Waals surface area contributed by atoms with Crippen molar-refractivity contribution < 1.29 is 19.5 Å². The third kappa shape index (κ3) is 3.52. The highest BCUT2D eigenvalue weighted by Crippen LogP contribution is 2.39. The molecule has 1 saturated heterocycles. The lowest BCUT2D eigenvalue weighted by atomic mass is 10.1. The molecule has 1 heterocycles. The van der Waals surface area contributed by atoms with E-state index in [-0.39, 0.29) is 17.9 Å². The van der Waals surface area contributed by atoms with E-state index in [4.69, 9.17) is 5.11 Å². The number of carboxylic acid groups (broad SMARTS) is 1. The van der Waals surface area contributed by atoms with Crippen LogP contribution in [0.1, 0.15) is 30.9 Å². The molecule has 23 heavy (non-hydrogen) atoms. The Morgan fingerprint density at radius 3 is 2.57 bits per heavy atom. The molecular formula is C17H20N2O4. The zero-order chi connectivity index (χ0) is 16.4. The van der Waals surface area contributed by atoms with Gasteiger partial charge < -0.3 is 15.3 Å². The Morgan fingerprint density at radius 1 is 1.26 bits per heavy atom. The Hall–Kier alpha value is -2.37. The van der Waals surface area contributed by atoms with E-state index in [0.717, 1.165) is 12.0 Å². The summed E-state index contributed by atoms with van der Waals surface area (Å²) < 4.78 is 0. The largest absolute Gasteiger partial charge is 0.481 e. The van der Waals surface area contributed by atoms with Crippen LogP contribution in [0.25, 0.3) is 0 Å². The van der Waals surface area contributed by atoms with Crippen LogP contribution in [0, 0.1) is 11.8 Å². The Balaban J connectivity index is 1.69. The molecule has 2 fully saturated rings. The van der Waals surface area contributed by atoms with Crippen molar-refractivity contribution in [1.82, 2.24) is 10.2 Å². The third-order valence-electron chi connectivity index (χ3n) is 4.54. The first-order chi connectivity index (χ1) is 11.1. The van der Waals surface area contributed by atoms with E-state index in [1.807, 2.05) is 30.3 Å². The van der Waals surface area contributed by atoms with Crippen LogP contribution in [0.3, 0.4) is 0 Å². The molecule has 2 N–H and O–H groups in total. The molecule has 1 aromatic carbocycles. The second-order valence-corrected chi connectivity index (χ2v) is 6.20. The van der Waals surface area contributed by atoms with Gasteiger partial charge in [-0.05, 0) is 18.4 Å². The van der Waals surface area contributed by atoms with Gasteiger partial charge in [0.1, 0.15) is 0 Å². The number of hydrogen-bond acceptors (Lipinski definition) is 3. The zero-order valence-electron chi connectivity index (χ0n) is 12.8. The summed E-state index contributed by atoms with van der Waals surface area (Å²) in [6.07, 6.45) is 1.79. The van der Waals surface area contributed by atoms with E-state index in [2.05, 4.69) is 5.32 Å². The number of aliphatic carboxylic acids is 1. The van der Waals surface area contributed by atoms with Gasteiger partial charge >= 0.3 is 5.97 Å². The van der Waals surface area contributed by atoms with Crippen LogP contribution in [0.15, 0.2) is 30.3 Å². The summed E-state index contributed by atoms with van der Waals surface area (Å²) in [5.41, 5.74) is 0.924. The monoisotopic (exact) mass is 316 g/mol. The number of carboxylic acids is 1. The van der Waals surface area contributed by atoms with Crippen molar-refractivity contribution in [3.8, 4) is 0 Å². The Morgan fingerprint density at radius 2 is 2.00 bits per heavy atom. The molecule has 6 nitrogen and oxygen atoms in total. The molecule has 0 aromatic heterocycles. The van der Waals surface area contributed by atoms with Crippen LogP contribution in [0.5, 0.6) is 0 Å². The van der Waals surface area contributed by atoms with Crippen molar-refractivity contribution in [2.75, 3.05) is 13.1 Å². The lowest BCUT2D eigenvalue weighted by Gasteiger charge is -2.25. The highest BCUT2D eigenvalue weighted by atomic mass is 16.4. The predicted molar refractivity (Wildman–Crippen MR) is 82.4 cm³/mol. The van der Waals surface area contributed by atoms with Gasteiger partial charge in [-0.2, -0.15) is 0 Å². The molecule has 0 unspecified atom stereocenters. The third-order valence-corrected chi connectivity index (χ3v) is 4.54. The predicted octanol–water partition coefficient (Wildman–Crippen LogP) is 1.19. The second kappa shape index (κ2) is 6.40. The van der Waals surface area contributed by atoms with Crippen LogP contribution in [0.4, 0.5) is 0 Å². The number of hydrogen-bond donors (Lipinski definition) is 2. The molecule has 3 rings (SSSR count). The molecule has 2 aliphatic rings. The van der Waals surface area contributed by atoms with Crippen LogP contribution in [0.2, 0.25) is 0 Å². The minimum Gasteiger partial charge on any atom is -0.481 e. The molecule has 2 amide bonds. The maximum absolute atomic E-state index is 12.3. The Bertz CT molecular complexity index is 616. The van der Waals surface area contributed by atoms with Gasteiger partial charge in [-0.25, -0.2) is 0 Å². The smallest absolute Gasteiger partial charge is 0.307 e. The average molecular weight is 316 g/mol. The summed E-state index contributed by atoms with van der Waals surface area (Å²) in [4.78, 5) is 36.8. The summed E-state index contributed by atoms with van der Waals surface area (Å²) in [6, 6.07) is 9.18. The normalized spacial score (nSPS) is 24.3. The lowest BCUT2D eigenvalue weighted by molar-refractivity contribution is -0.140. The van der Waals surface area contributed by atoms with Gasteiger partial charge in [0.05, 0.1) is 17.9 Å². The second-order valence-electron chi connectivity index (χ2n) is 6.20. The standard InChI is InChI=1S/C17H20N2O4/c20-15-7-4-8-19(15)10-14(11-5-2-1-3-6-11)18-16(21)12-9-13(12)17(22)23/h1-3,5-6,12-14H,4,7-10H2,(H,18,21)(H,22,23)/t12-,13+,14+/m0/s1. The van der Waals surface area contributed by atoms with Crippen molar-refractivity contribution in [1.29, 1.82) is 0 Å². The fraction of sp³-hybridized carbons (Fsp3) is 0.471. The van der Waals surface area contributed by atoms with Gasteiger partial charge in [0.25, 0.3) is 0 Å². The number of nitrogens with one attached hydrogen (secondary N) is 1. The Kier molecular flexibility index (Phi) is 4.32. The number of likely N-dealkylation sites (tertiary alicyclic amines) is 1. The summed E-state index contributed by atoms with van der Waals surface area (Å²) in [5, 5.41) is 11.9. The average Bonchev–Trinajstić information content (AvgIpc) is 3.26. The molecule has 1 saturated carbocycles. The minimum atomic E-state index is -0.920. The quantitative estimate of drug-likeness (QED) is 0.825. The molecule has 0 bridgehead atoms. The number of carbonyl (C=O) groups excluding carboxylic acids is 2. The van der Waals surface area contributed by atoms with Crippen LogP contribution < -0.4 is 5.32 Å². The van der Waals surface area contributed by atoms with E-state index in [9.17, 15) is 14.4 Å². The van der Waals surface area contributed by atoms with Gasteiger partial charge in [-0.1, -0.05) is 30.3 Å². The summed E-state index contributed by atoms with van der Waals surface area (Å²) in [6.45, 7) is 1.14. The molecule has 6 heteroatoms. The summed E-state index contributed by atoms with van der Waals surface area (Å²) >= 11 is 0. The SMILES string of the molecule is O=C(N[C@H](CN1CCCC1=O)c1ccccc1)[C@H]1C[C@H]1C(=O)O. The molecule has 122 valence electrons. The highest BCUT2D eigenvalue weighted by Gasteiger charge is 2.48. The van der Waals surface area contributed by atoms with E-state index in [1.165, 1.54) is 0 Å².